The molecule has 0 unspecified atom stereocenters. The molecule has 1 amide bonds. The fourth-order valence-electron chi connectivity index (χ4n) is 1.14. The molecule has 1 rings (SSSR count). The van der Waals surface area contributed by atoms with Crippen LogP contribution in [0.15, 0.2) is 24.5 Å². The minimum atomic E-state index is -0.269. The number of nitrogens with two attached hydrogens (primary N) is 1. The van der Waals surface area contributed by atoms with Crippen LogP contribution in [0, 0.1) is 0 Å². The van der Waals surface area contributed by atoms with Gasteiger partial charge in [-0.3, -0.25) is 4.79 Å². The lowest BCUT2D eigenvalue weighted by Crippen LogP contribution is -2.35. The van der Waals surface area contributed by atoms with Crippen LogP contribution in [-0.4, -0.2) is 20.0 Å². The van der Waals surface area contributed by atoms with Gasteiger partial charge in [0, 0.05) is 31.9 Å². The molecule has 4 nitrogen and oxygen atoms in total. The summed E-state index contributed by atoms with van der Waals surface area (Å²) in [6.07, 6.45) is 4.27. The van der Waals surface area contributed by atoms with Crippen molar-refractivity contribution in [1.29, 1.82) is 0 Å². The Morgan fingerprint density at radius 3 is 2.43 bits per heavy atom. The van der Waals surface area contributed by atoms with E-state index in [0.717, 1.165) is 5.69 Å². The van der Waals surface area contributed by atoms with Crippen molar-refractivity contribution in [2.75, 3.05) is 19.0 Å². The average molecular weight is 194 g/mol. The van der Waals surface area contributed by atoms with Gasteiger partial charge in [-0.15, -0.1) is 0 Å². The van der Waals surface area contributed by atoms with Gasteiger partial charge in [-0.1, -0.05) is 0 Å². The number of carbonyl (C=O) groups excluding carboxylic acids is 1. The van der Waals surface area contributed by atoms with Crippen LogP contribution in [-0.2, 0) is 11.3 Å². The number of pyridine rings is 1. The maximum atomic E-state index is 10.5. The maximum absolute atomic E-state index is 10.5. The minimum absolute atomic E-state index is 0.269. The SMILES string of the molecule is CN(C)c1cc[n+](CCC(N)=O)cc1. The highest BCUT2D eigenvalue weighted by Crippen LogP contribution is 2.05. The van der Waals surface area contributed by atoms with Gasteiger partial charge in [-0.05, 0) is 0 Å². The van der Waals surface area contributed by atoms with Crippen molar-refractivity contribution < 1.29 is 9.36 Å². The fourth-order valence-corrected chi connectivity index (χ4v) is 1.14. The molecule has 1 aromatic rings. The molecule has 0 aliphatic heterocycles. The molecule has 0 fully saturated rings. The molecule has 0 spiro atoms. The first-order valence-electron chi connectivity index (χ1n) is 4.54. The zero-order chi connectivity index (χ0) is 10.6. The van der Waals surface area contributed by atoms with Crippen molar-refractivity contribution in [2.24, 2.45) is 5.73 Å². The summed E-state index contributed by atoms with van der Waals surface area (Å²) in [6.45, 7) is 0.642. The zero-order valence-corrected chi connectivity index (χ0v) is 8.60. The van der Waals surface area contributed by atoms with Gasteiger partial charge in [0.15, 0.2) is 18.9 Å². The normalized spacial score (nSPS) is 9.86. The number of hydrogen-bond donors (Lipinski definition) is 1. The van der Waals surface area contributed by atoms with Crippen molar-refractivity contribution in [3.63, 3.8) is 0 Å². The van der Waals surface area contributed by atoms with Gasteiger partial charge in [-0.2, -0.15) is 0 Å². The van der Waals surface area contributed by atoms with E-state index in [-0.39, 0.29) is 5.91 Å². The van der Waals surface area contributed by atoms with Gasteiger partial charge < -0.3 is 10.6 Å². The molecule has 76 valence electrons. The Balaban J connectivity index is 2.59. The third-order valence-electron chi connectivity index (χ3n) is 2.01. The third-order valence-corrected chi connectivity index (χ3v) is 2.01. The van der Waals surface area contributed by atoms with Gasteiger partial charge in [0.2, 0.25) is 5.91 Å². The predicted molar refractivity (Wildman–Crippen MR) is 54.8 cm³/mol. The second-order valence-corrected chi connectivity index (χ2v) is 3.40. The molecule has 4 heteroatoms. The second-order valence-electron chi connectivity index (χ2n) is 3.40. The summed E-state index contributed by atoms with van der Waals surface area (Å²) in [5.74, 6) is -0.269. The van der Waals surface area contributed by atoms with E-state index in [4.69, 9.17) is 5.73 Å². The lowest BCUT2D eigenvalue weighted by Gasteiger charge is -2.10. The number of carbonyl (C=O) groups is 1. The second kappa shape index (κ2) is 4.60. The van der Waals surface area contributed by atoms with Gasteiger partial charge in [0.1, 0.15) is 0 Å². The van der Waals surface area contributed by atoms with E-state index >= 15 is 0 Å². The average Bonchev–Trinajstić information content (AvgIpc) is 2.15. The molecule has 0 saturated heterocycles. The summed E-state index contributed by atoms with van der Waals surface area (Å²) in [7, 11) is 3.98. The number of rotatable bonds is 4. The Kier molecular flexibility index (Phi) is 3.45. The maximum Gasteiger partial charge on any atom is 0.223 e. The number of amides is 1. The molecule has 0 radical (unpaired) electrons. The largest absolute Gasteiger partial charge is 0.377 e. The molecular formula is C10H16N3O+. The van der Waals surface area contributed by atoms with Gasteiger partial charge in [-0.25, -0.2) is 4.57 Å². The van der Waals surface area contributed by atoms with Crippen LogP contribution < -0.4 is 15.2 Å². The Labute approximate surface area is 83.9 Å². The lowest BCUT2D eigenvalue weighted by atomic mass is 10.3. The molecular weight excluding hydrogens is 178 g/mol. The highest BCUT2D eigenvalue weighted by atomic mass is 16.1. The van der Waals surface area contributed by atoms with Crippen LogP contribution in [0.1, 0.15) is 6.42 Å². The predicted octanol–water partition coefficient (Wildman–Crippen LogP) is -0.0845. The summed E-state index contributed by atoms with van der Waals surface area (Å²) in [5, 5.41) is 0. The van der Waals surface area contributed by atoms with Gasteiger partial charge in [0.25, 0.3) is 0 Å². The van der Waals surface area contributed by atoms with E-state index in [1.807, 2.05) is 48.1 Å². The highest BCUT2D eigenvalue weighted by molar-refractivity contribution is 5.73. The monoisotopic (exact) mass is 194 g/mol. The Morgan fingerprint density at radius 1 is 1.43 bits per heavy atom. The van der Waals surface area contributed by atoms with Crippen molar-refractivity contribution in [1.82, 2.24) is 0 Å². The number of nitrogens with zero attached hydrogens (tertiary/aromatic N) is 2. The van der Waals surface area contributed by atoms with Crippen molar-refractivity contribution >= 4 is 11.6 Å². The van der Waals surface area contributed by atoms with Crippen LogP contribution in [0.5, 0.6) is 0 Å². The molecule has 0 aromatic carbocycles. The summed E-state index contributed by atoms with van der Waals surface area (Å²) in [6, 6.07) is 4.00. The van der Waals surface area contributed by atoms with Crippen LogP contribution in [0.3, 0.4) is 0 Å². The standard InChI is InChI=1S/C10H15N3O/c1-12(2)9-3-6-13(7-4-9)8-5-10(11)14/h3-4,6-7H,5,8H2,1-2H3,(H-,11,14)/p+1. The number of primary amides is 1. The number of anilines is 1. The van der Waals surface area contributed by atoms with Gasteiger partial charge in [0.05, 0.1) is 6.42 Å². The molecule has 1 aromatic heterocycles. The zero-order valence-electron chi connectivity index (χ0n) is 8.60. The summed E-state index contributed by atoms with van der Waals surface area (Å²) >= 11 is 0. The molecule has 14 heavy (non-hydrogen) atoms. The number of aryl methyl sites for hydroxylation is 1. The minimum Gasteiger partial charge on any atom is -0.377 e. The Morgan fingerprint density at radius 2 is 2.00 bits per heavy atom. The van der Waals surface area contributed by atoms with E-state index < -0.39 is 0 Å². The molecule has 0 bridgehead atoms. The fraction of sp³-hybridized carbons (Fsp3) is 0.400. The summed E-state index contributed by atoms with van der Waals surface area (Å²) < 4.78 is 1.94. The van der Waals surface area contributed by atoms with E-state index in [9.17, 15) is 4.79 Å². The highest BCUT2D eigenvalue weighted by Gasteiger charge is 2.03. The van der Waals surface area contributed by atoms with Crippen molar-refractivity contribution in [2.45, 2.75) is 13.0 Å². The third kappa shape index (κ3) is 3.05. The van der Waals surface area contributed by atoms with E-state index in [0.29, 0.717) is 13.0 Å². The smallest absolute Gasteiger partial charge is 0.223 e. The van der Waals surface area contributed by atoms with Gasteiger partial charge >= 0.3 is 0 Å². The molecule has 2 N–H and O–H groups in total. The molecule has 0 aliphatic carbocycles. The molecule has 0 atom stereocenters. The van der Waals surface area contributed by atoms with E-state index in [2.05, 4.69) is 0 Å². The van der Waals surface area contributed by atoms with Crippen LogP contribution >= 0.6 is 0 Å². The first-order valence-corrected chi connectivity index (χ1v) is 4.54. The summed E-state index contributed by atoms with van der Waals surface area (Å²) in [4.78, 5) is 12.6. The number of hydrogen-bond acceptors (Lipinski definition) is 2. The first kappa shape index (κ1) is 10.5. The van der Waals surface area contributed by atoms with E-state index in [1.54, 1.807) is 0 Å². The topological polar surface area (TPSA) is 50.2 Å². The Hall–Kier alpha value is -1.58. The number of aromatic nitrogens is 1. The first-order chi connectivity index (χ1) is 6.59. The van der Waals surface area contributed by atoms with Crippen molar-refractivity contribution in [3.8, 4) is 0 Å². The molecule has 0 aliphatic rings. The quantitative estimate of drug-likeness (QED) is 0.681. The summed E-state index contributed by atoms with van der Waals surface area (Å²) in [5.41, 5.74) is 6.20. The van der Waals surface area contributed by atoms with Crippen molar-refractivity contribution in [3.05, 3.63) is 24.5 Å². The lowest BCUT2D eigenvalue weighted by molar-refractivity contribution is -0.695. The van der Waals surface area contributed by atoms with Crippen LogP contribution in [0.25, 0.3) is 0 Å². The molecule has 1 heterocycles. The van der Waals surface area contributed by atoms with Crippen LogP contribution in [0.4, 0.5) is 5.69 Å². The van der Waals surface area contributed by atoms with E-state index in [1.165, 1.54) is 0 Å². The van der Waals surface area contributed by atoms with Crippen LogP contribution in [0.2, 0.25) is 0 Å². The Bertz CT molecular complexity index is 306. The molecule has 0 saturated carbocycles.